The number of anilines is 1. The largest absolute Gasteiger partial charge is 0.372 e. The van der Waals surface area contributed by atoms with Gasteiger partial charge in [0.1, 0.15) is 5.00 Å². The number of nitrogens with one attached hydrogen (secondary N) is 1. The lowest BCUT2D eigenvalue weighted by Gasteiger charge is -2.21. The highest BCUT2D eigenvalue weighted by Gasteiger charge is 2.13. The summed E-state index contributed by atoms with van der Waals surface area (Å²) in [5.74, 6) is 0. The van der Waals surface area contributed by atoms with Crippen LogP contribution in [0.25, 0.3) is 10.9 Å². The number of rotatable bonds is 2. The van der Waals surface area contributed by atoms with Crippen molar-refractivity contribution >= 4 is 27.4 Å². The molecule has 0 unspecified atom stereocenters. The molecule has 1 aromatic carbocycles. The molecule has 0 saturated heterocycles. The number of fused-ring (bicyclic) bond motifs is 1. The van der Waals surface area contributed by atoms with E-state index in [1.807, 2.05) is 0 Å². The van der Waals surface area contributed by atoms with Gasteiger partial charge in [-0.15, -0.1) is 0 Å². The Balaban J connectivity index is 1.74. The first-order valence-corrected chi connectivity index (χ1v) is 7.82. The molecule has 18 heavy (non-hydrogen) atoms. The SMILES string of the molecule is c1ccc2c(NC3CCCCCCC3)snc2c1. The second kappa shape index (κ2) is 5.70. The molecule has 96 valence electrons. The van der Waals surface area contributed by atoms with Gasteiger partial charge in [-0.1, -0.05) is 44.2 Å². The smallest absolute Gasteiger partial charge is 0.117 e. The Morgan fingerprint density at radius 3 is 2.56 bits per heavy atom. The molecule has 2 nitrogen and oxygen atoms in total. The van der Waals surface area contributed by atoms with E-state index in [0.29, 0.717) is 6.04 Å². The first-order valence-electron chi connectivity index (χ1n) is 7.04. The van der Waals surface area contributed by atoms with Crippen LogP contribution in [0.5, 0.6) is 0 Å². The summed E-state index contributed by atoms with van der Waals surface area (Å²) in [4.78, 5) is 0. The van der Waals surface area contributed by atoms with E-state index < -0.39 is 0 Å². The van der Waals surface area contributed by atoms with Crippen LogP contribution in [0.3, 0.4) is 0 Å². The zero-order chi connectivity index (χ0) is 12.2. The Labute approximate surface area is 113 Å². The van der Waals surface area contributed by atoms with Crippen molar-refractivity contribution in [3.8, 4) is 0 Å². The number of hydrogen-bond donors (Lipinski definition) is 1. The maximum absolute atomic E-state index is 4.51. The summed E-state index contributed by atoms with van der Waals surface area (Å²) in [6.45, 7) is 0. The van der Waals surface area contributed by atoms with Crippen molar-refractivity contribution in [3.63, 3.8) is 0 Å². The van der Waals surface area contributed by atoms with E-state index in [2.05, 4.69) is 34.0 Å². The molecule has 1 aliphatic carbocycles. The highest BCUT2D eigenvalue weighted by atomic mass is 32.1. The lowest BCUT2D eigenvalue weighted by Crippen LogP contribution is -2.19. The number of benzene rings is 1. The molecule has 1 aliphatic rings. The summed E-state index contributed by atoms with van der Waals surface area (Å²) in [6.07, 6.45) is 9.60. The quantitative estimate of drug-likeness (QED) is 0.837. The van der Waals surface area contributed by atoms with E-state index >= 15 is 0 Å². The molecule has 1 N–H and O–H groups in total. The van der Waals surface area contributed by atoms with Gasteiger partial charge in [0.2, 0.25) is 0 Å². The van der Waals surface area contributed by atoms with Crippen LogP contribution in [0.1, 0.15) is 44.9 Å². The fourth-order valence-electron chi connectivity index (χ4n) is 2.78. The molecule has 3 heteroatoms. The summed E-state index contributed by atoms with van der Waals surface area (Å²) in [6, 6.07) is 9.06. The molecule has 0 bridgehead atoms. The van der Waals surface area contributed by atoms with Crippen LogP contribution in [0, 0.1) is 0 Å². The van der Waals surface area contributed by atoms with E-state index in [1.54, 1.807) is 11.5 Å². The van der Waals surface area contributed by atoms with Gasteiger partial charge >= 0.3 is 0 Å². The summed E-state index contributed by atoms with van der Waals surface area (Å²) in [5.41, 5.74) is 1.12. The predicted molar refractivity (Wildman–Crippen MR) is 79.3 cm³/mol. The minimum Gasteiger partial charge on any atom is -0.372 e. The van der Waals surface area contributed by atoms with Gasteiger partial charge in [-0.05, 0) is 36.5 Å². The van der Waals surface area contributed by atoms with Crippen LogP contribution < -0.4 is 5.32 Å². The Kier molecular flexibility index (Phi) is 3.79. The first-order chi connectivity index (χ1) is 8.93. The Bertz CT molecular complexity index is 498. The van der Waals surface area contributed by atoms with Crippen molar-refractivity contribution in [2.45, 2.75) is 51.0 Å². The molecule has 0 radical (unpaired) electrons. The zero-order valence-electron chi connectivity index (χ0n) is 10.7. The van der Waals surface area contributed by atoms with Crippen LogP contribution in [0.2, 0.25) is 0 Å². The molecule has 0 amide bonds. The maximum atomic E-state index is 4.51. The third kappa shape index (κ3) is 2.66. The van der Waals surface area contributed by atoms with Gasteiger partial charge in [0.25, 0.3) is 0 Å². The monoisotopic (exact) mass is 260 g/mol. The second-order valence-corrected chi connectivity index (χ2v) is 5.99. The molecule has 1 aromatic heterocycles. The topological polar surface area (TPSA) is 24.9 Å². The minimum absolute atomic E-state index is 0.647. The summed E-state index contributed by atoms with van der Waals surface area (Å²) in [5, 5.41) is 6.27. The Morgan fingerprint density at radius 2 is 1.72 bits per heavy atom. The van der Waals surface area contributed by atoms with Crippen molar-refractivity contribution < 1.29 is 0 Å². The fraction of sp³-hybridized carbons (Fsp3) is 0.533. The van der Waals surface area contributed by atoms with Gasteiger partial charge in [0.15, 0.2) is 0 Å². The van der Waals surface area contributed by atoms with Gasteiger partial charge in [-0.3, -0.25) is 0 Å². The normalized spacial score (nSPS) is 18.4. The summed E-state index contributed by atoms with van der Waals surface area (Å²) >= 11 is 1.61. The van der Waals surface area contributed by atoms with E-state index in [1.165, 1.54) is 55.3 Å². The average Bonchev–Trinajstić information content (AvgIpc) is 2.76. The van der Waals surface area contributed by atoms with E-state index in [0.717, 1.165) is 5.52 Å². The van der Waals surface area contributed by atoms with Gasteiger partial charge in [-0.25, -0.2) is 0 Å². The summed E-state index contributed by atoms with van der Waals surface area (Å²) < 4.78 is 4.51. The van der Waals surface area contributed by atoms with Crippen LogP contribution in [0.4, 0.5) is 5.00 Å². The predicted octanol–water partition coefficient (Wildman–Crippen LogP) is 4.82. The molecule has 1 heterocycles. The third-order valence-electron chi connectivity index (χ3n) is 3.82. The van der Waals surface area contributed by atoms with Gasteiger partial charge in [-0.2, -0.15) is 4.37 Å². The lowest BCUT2D eigenvalue weighted by molar-refractivity contribution is 0.472. The van der Waals surface area contributed by atoms with Crippen molar-refractivity contribution in [3.05, 3.63) is 24.3 Å². The van der Waals surface area contributed by atoms with E-state index in [9.17, 15) is 0 Å². The van der Waals surface area contributed by atoms with E-state index in [-0.39, 0.29) is 0 Å². The average molecular weight is 260 g/mol. The van der Waals surface area contributed by atoms with Crippen LogP contribution >= 0.6 is 11.5 Å². The van der Waals surface area contributed by atoms with Gasteiger partial charge < -0.3 is 5.32 Å². The zero-order valence-corrected chi connectivity index (χ0v) is 11.5. The van der Waals surface area contributed by atoms with Crippen LogP contribution in [-0.4, -0.2) is 10.4 Å². The first kappa shape index (κ1) is 12.0. The van der Waals surface area contributed by atoms with Crippen molar-refractivity contribution in [1.82, 2.24) is 4.37 Å². The van der Waals surface area contributed by atoms with Crippen molar-refractivity contribution in [2.75, 3.05) is 5.32 Å². The lowest BCUT2D eigenvalue weighted by atomic mass is 9.97. The molecule has 0 aliphatic heterocycles. The van der Waals surface area contributed by atoms with Crippen LogP contribution in [-0.2, 0) is 0 Å². The minimum atomic E-state index is 0.647. The maximum Gasteiger partial charge on any atom is 0.117 e. The standard InChI is InChI=1S/C15H20N2S/c1-2-4-8-12(9-5-3-1)16-15-13-10-6-7-11-14(13)17-18-15/h6-7,10-12,16H,1-5,8-9H2. The van der Waals surface area contributed by atoms with Gasteiger partial charge in [0.05, 0.1) is 5.52 Å². The summed E-state index contributed by atoms with van der Waals surface area (Å²) in [7, 11) is 0. The third-order valence-corrected chi connectivity index (χ3v) is 4.63. The molecule has 0 spiro atoms. The fourth-order valence-corrected chi connectivity index (χ4v) is 3.62. The highest BCUT2D eigenvalue weighted by molar-refractivity contribution is 7.11. The van der Waals surface area contributed by atoms with Crippen molar-refractivity contribution in [2.24, 2.45) is 0 Å². The molecule has 1 saturated carbocycles. The molecule has 3 rings (SSSR count). The van der Waals surface area contributed by atoms with Crippen LogP contribution in [0.15, 0.2) is 24.3 Å². The Hall–Kier alpha value is -1.09. The molecule has 2 aromatic rings. The number of hydrogen-bond acceptors (Lipinski definition) is 3. The second-order valence-electron chi connectivity index (χ2n) is 5.22. The van der Waals surface area contributed by atoms with E-state index in [4.69, 9.17) is 0 Å². The Morgan fingerprint density at radius 1 is 1.00 bits per heavy atom. The highest BCUT2D eigenvalue weighted by Crippen LogP contribution is 2.30. The number of aromatic nitrogens is 1. The molecular weight excluding hydrogens is 240 g/mol. The number of nitrogens with zero attached hydrogens (tertiary/aromatic N) is 1. The molecule has 1 fully saturated rings. The molecular formula is C15H20N2S. The molecule has 0 atom stereocenters. The van der Waals surface area contributed by atoms with Crippen molar-refractivity contribution in [1.29, 1.82) is 0 Å². The van der Waals surface area contributed by atoms with Gasteiger partial charge in [0, 0.05) is 11.4 Å².